The summed E-state index contributed by atoms with van der Waals surface area (Å²) in [4.78, 5) is 29.9. The molecule has 2 aromatic carbocycles. The van der Waals surface area contributed by atoms with Gasteiger partial charge in [0.15, 0.2) is 0 Å². The predicted molar refractivity (Wildman–Crippen MR) is 134 cm³/mol. The van der Waals surface area contributed by atoms with E-state index in [1.165, 1.54) is 4.68 Å². The fraction of sp³-hybridized carbons (Fsp3) is 0.280. The zero-order chi connectivity index (χ0) is 24.1. The first-order chi connectivity index (χ1) is 15.5. The van der Waals surface area contributed by atoms with Gasteiger partial charge < -0.3 is 9.67 Å². The molecule has 0 amide bonds. The van der Waals surface area contributed by atoms with Gasteiger partial charge in [-0.3, -0.25) is 4.79 Å². The van der Waals surface area contributed by atoms with Crippen LogP contribution in [0.4, 0.5) is 0 Å². The highest BCUT2D eigenvalue weighted by Gasteiger charge is 2.24. The van der Waals surface area contributed by atoms with Crippen LogP contribution in [0.25, 0.3) is 21.8 Å². The third kappa shape index (κ3) is 3.99. The van der Waals surface area contributed by atoms with E-state index in [4.69, 9.17) is 4.98 Å². The molecule has 33 heavy (non-hydrogen) atoms. The number of hydrogen-bond acceptors (Lipinski definition) is 4. The number of carboxylic acids is 1. The minimum atomic E-state index is -0.919. The number of hydrogen-bond donors (Lipinski definition) is 1. The Labute approximate surface area is 199 Å². The van der Waals surface area contributed by atoms with Crippen molar-refractivity contribution in [3.8, 4) is 0 Å². The van der Waals surface area contributed by atoms with Crippen molar-refractivity contribution >= 4 is 49.9 Å². The highest BCUT2D eigenvalue weighted by atomic mass is 79.9. The molecule has 7 nitrogen and oxygen atoms in total. The number of para-hydroxylation sites is 1. The summed E-state index contributed by atoms with van der Waals surface area (Å²) in [6, 6.07) is 12.3. The SMILES string of the molecule is Cc1c(C=Nn2c(C(C)(C)C)nc3ccc(Br)cc3c2=O)c2ccccc2n1[C@H](C)C(=O)O. The second-order valence-electron chi connectivity index (χ2n) is 9.11. The van der Waals surface area contributed by atoms with Gasteiger partial charge in [0.1, 0.15) is 11.9 Å². The van der Waals surface area contributed by atoms with Crippen molar-refractivity contribution in [1.82, 2.24) is 14.2 Å². The van der Waals surface area contributed by atoms with Crippen LogP contribution in [0.15, 0.2) is 56.8 Å². The monoisotopic (exact) mass is 508 g/mol. The maximum absolute atomic E-state index is 13.4. The van der Waals surface area contributed by atoms with Crippen molar-refractivity contribution in [1.29, 1.82) is 0 Å². The van der Waals surface area contributed by atoms with E-state index in [0.29, 0.717) is 16.7 Å². The van der Waals surface area contributed by atoms with E-state index in [9.17, 15) is 14.7 Å². The molecule has 0 spiro atoms. The summed E-state index contributed by atoms with van der Waals surface area (Å²) >= 11 is 3.42. The predicted octanol–water partition coefficient (Wildman–Crippen LogP) is 5.25. The standard InChI is InChI=1S/C25H25BrN4O3/c1-14-19(17-8-6-7-9-21(17)29(14)15(2)23(32)33)13-27-30-22(31)18-12-16(26)10-11-20(18)28-24(30)25(3,4)5/h6-13,15H,1-5H3,(H,32,33)/t15-/m1/s1. The summed E-state index contributed by atoms with van der Waals surface area (Å²) in [7, 11) is 0. The molecule has 4 rings (SSSR count). The fourth-order valence-corrected chi connectivity index (χ4v) is 4.41. The number of rotatable bonds is 4. The Balaban J connectivity index is 1.98. The van der Waals surface area contributed by atoms with Crippen LogP contribution >= 0.6 is 15.9 Å². The first-order valence-corrected chi connectivity index (χ1v) is 11.4. The molecule has 0 unspecified atom stereocenters. The number of carboxylic acid groups (broad SMARTS) is 1. The van der Waals surface area contributed by atoms with Crippen molar-refractivity contribution in [2.24, 2.45) is 5.10 Å². The third-order valence-corrected chi connectivity index (χ3v) is 6.22. The van der Waals surface area contributed by atoms with Crippen LogP contribution in [0, 0.1) is 6.92 Å². The molecule has 4 aromatic rings. The Morgan fingerprint density at radius 1 is 1.18 bits per heavy atom. The molecule has 2 heterocycles. The number of halogens is 1. The van der Waals surface area contributed by atoms with Crippen LogP contribution < -0.4 is 5.56 Å². The summed E-state index contributed by atoms with van der Waals surface area (Å²) in [5.74, 6) is -0.378. The zero-order valence-electron chi connectivity index (χ0n) is 19.1. The van der Waals surface area contributed by atoms with Crippen molar-refractivity contribution in [2.45, 2.75) is 46.1 Å². The lowest BCUT2D eigenvalue weighted by Crippen LogP contribution is -2.29. The topological polar surface area (TPSA) is 89.5 Å². The number of fused-ring (bicyclic) bond motifs is 2. The Morgan fingerprint density at radius 2 is 1.88 bits per heavy atom. The summed E-state index contributed by atoms with van der Waals surface area (Å²) < 4.78 is 3.91. The molecular weight excluding hydrogens is 484 g/mol. The van der Waals surface area contributed by atoms with Crippen molar-refractivity contribution in [3.05, 3.63) is 74.4 Å². The van der Waals surface area contributed by atoms with Gasteiger partial charge in [0, 0.05) is 32.0 Å². The maximum Gasteiger partial charge on any atom is 0.326 e. The van der Waals surface area contributed by atoms with Gasteiger partial charge in [-0.25, -0.2) is 9.78 Å². The first-order valence-electron chi connectivity index (χ1n) is 10.6. The van der Waals surface area contributed by atoms with Gasteiger partial charge in [-0.1, -0.05) is 54.9 Å². The van der Waals surface area contributed by atoms with Crippen molar-refractivity contribution < 1.29 is 9.90 Å². The summed E-state index contributed by atoms with van der Waals surface area (Å²) in [5.41, 5.74) is 2.25. The normalized spacial score (nSPS) is 13.3. The quantitative estimate of drug-likeness (QED) is 0.381. The van der Waals surface area contributed by atoms with E-state index in [0.717, 1.165) is 26.6 Å². The molecule has 0 aliphatic rings. The van der Waals surface area contributed by atoms with Gasteiger partial charge >= 0.3 is 5.97 Å². The summed E-state index contributed by atoms with van der Waals surface area (Å²) in [6.45, 7) is 9.46. The van der Waals surface area contributed by atoms with E-state index < -0.39 is 17.4 Å². The maximum atomic E-state index is 13.4. The lowest BCUT2D eigenvalue weighted by molar-refractivity contribution is -0.140. The molecule has 0 saturated heterocycles. The smallest absolute Gasteiger partial charge is 0.326 e. The first kappa shape index (κ1) is 22.9. The molecule has 1 N–H and O–H groups in total. The number of aromatic nitrogens is 3. The molecule has 1 atom stereocenters. The van der Waals surface area contributed by atoms with E-state index in [1.54, 1.807) is 23.8 Å². The average molecular weight is 509 g/mol. The van der Waals surface area contributed by atoms with Crippen molar-refractivity contribution in [3.63, 3.8) is 0 Å². The van der Waals surface area contributed by atoms with Crippen LogP contribution in [-0.2, 0) is 10.2 Å². The summed E-state index contributed by atoms with van der Waals surface area (Å²) in [6.07, 6.45) is 1.63. The van der Waals surface area contributed by atoms with E-state index >= 15 is 0 Å². The lowest BCUT2D eigenvalue weighted by atomic mass is 9.95. The Bertz CT molecular complexity index is 1490. The highest BCUT2D eigenvalue weighted by Crippen LogP contribution is 2.29. The molecule has 0 aliphatic heterocycles. The zero-order valence-corrected chi connectivity index (χ0v) is 20.7. The molecule has 170 valence electrons. The molecule has 8 heteroatoms. The van der Waals surface area contributed by atoms with Gasteiger partial charge in [-0.05, 0) is 38.1 Å². The van der Waals surface area contributed by atoms with Gasteiger partial charge in [0.2, 0.25) is 0 Å². The highest BCUT2D eigenvalue weighted by molar-refractivity contribution is 9.10. The number of aliphatic carboxylic acids is 1. The van der Waals surface area contributed by atoms with E-state index in [1.807, 2.05) is 64.1 Å². The molecule has 0 saturated carbocycles. The number of carbonyl (C=O) groups is 1. The van der Waals surface area contributed by atoms with Gasteiger partial charge in [-0.15, -0.1) is 0 Å². The van der Waals surface area contributed by atoms with Crippen LogP contribution in [-0.4, -0.2) is 31.5 Å². The van der Waals surface area contributed by atoms with E-state index in [-0.39, 0.29) is 5.56 Å². The second kappa shape index (κ2) is 8.26. The average Bonchev–Trinajstić information content (AvgIpc) is 3.03. The third-order valence-electron chi connectivity index (χ3n) is 5.73. The molecular formula is C25H25BrN4O3. The van der Waals surface area contributed by atoms with Gasteiger partial charge in [-0.2, -0.15) is 9.78 Å². The van der Waals surface area contributed by atoms with Crippen LogP contribution in [0.5, 0.6) is 0 Å². The van der Waals surface area contributed by atoms with Crippen LogP contribution in [0.3, 0.4) is 0 Å². The lowest BCUT2D eigenvalue weighted by Gasteiger charge is -2.20. The Morgan fingerprint density at radius 3 is 2.55 bits per heavy atom. The number of benzene rings is 2. The fourth-order valence-electron chi connectivity index (χ4n) is 4.05. The van der Waals surface area contributed by atoms with Gasteiger partial charge in [0.05, 0.1) is 17.1 Å². The minimum absolute atomic E-state index is 0.261. The van der Waals surface area contributed by atoms with E-state index in [2.05, 4.69) is 21.0 Å². The van der Waals surface area contributed by atoms with Crippen LogP contribution in [0.2, 0.25) is 0 Å². The number of nitrogens with zero attached hydrogens (tertiary/aromatic N) is 4. The molecule has 0 aliphatic carbocycles. The largest absolute Gasteiger partial charge is 0.480 e. The second-order valence-corrected chi connectivity index (χ2v) is 10.0. The van der Waals surface area contributed by atoms with Crippen molar-refractivity contribution in [2.75, 3.05) is 0 Å². The Kier molecular flexibility index (Phi) is 5.74. The molecule has 0 fully saturated rings. The minimum Gasteiger partial charge on any atom is -0.480 e. The molecule has 2 aromatic heterocycles. The molecule has 0 bridgehead atoms. The van der Waals surface area contributed by atoms with Gasteiger partial charge in [0.25, 0.3) is 5.56 Å². The Hall–Kier alpha value is -3.26. The van der Waals surface area contributed by atoms with Crippen LogP contribution in [0.1, 0.15) is 50.8 Å². The molecule has 0 radical (unpaired) electrons. The summed E-state index contributed by atoms with van der Waals surface area (Å²) in [5, 5.41) is 15.5.